The molecule has 0 bridgehead atoms. The average molecular weight is 464 g/mol. The van der Waals surface area contributed by atoms with Crippen molar-refractivity contribution in [3.05, 3.63) is 34.5 Å². The first-order valence-corrected chi connectivity index (χ1v) is 10.0. The van der Waals surface area contributed by atoms with Crippen molar-refractivity contribution in [1.29, 1.82) is 0 Å². The Labute approximate surface area is 187 Å². The molecule has 0 amide bonds. The van der Waals surface area contributed by atoms with E-state index < -0.39 is 42.7 Å². The van der Waals surface area contributed by atoms with Gasteiger partial charge in [0.1, 0.15) is 46.7 Å². The Kier molecular flexibility index (Phi) is 6.32. The molecule has 1 aliphatic heterocycles. The van der Waals surface area contributed by atoms with Crippen LogP contribution in [0, 0.1) is 0 Å². The summed E-state index contributed by atoms with van der Waals surface area (Å²) in [7, 11) is 4.17. The first kappa shape index (κ1) is 23.1. The number of ether oxygens (including phenoxy) is 5. The van der Waals surface area contributed by atoms with Crippen LogP contribution in [0.2, 0.25) is 0 Å². The van der Waals surface area contributed by atoms with Crippen LogP contribution in [-0.2, 0) is 4.74 Å². The SMILES string of the molecule is COc1ccc2oc3cc(OC)c(OC)c(O[C@@H]4O[C@H](CO)[C@@H](O)[C@H](O)[C@H]4O)c3c(=O)c2c1. The van der Waals surface area contributed by atoms with Gasteiger partial charge in [-0.2, -0.15) is 0 Å². The van der Waals surface area contributed by atoms with Crippen LogP contribution in [0.4, 0.5) is 0 Å². The lowest BCUT2D eigenvalue weighted by Gasteiger charge is -2.39. The summed E-state index contributed by atoms with van der Waals surface area (Å²) in [4.78, 5) is 13.5. The number of hydrogen-bond donors (Lipinski definition) is 4. The number of rotatable bonds is 6. The van der Waals surface area contributed by atoms with Gasteiger partial charge in [-0.3, -0.25) is 4.79 Å². The Balaban J connectivity index is 1.95. The zero-order chi connectivity index (χ0) is 23.9. The average Bonchev–Trinajstić information content (AvgIpc) is 2.83. The summed E-state index contributed by atoms with van der Waals surface area (Å²) >= 11 is 0. The van der Waals surface area contributed by atoms with Crippen molar-refractivity contribution in [2.45, 2.75) is 30.7 Å². The molecular formula is C22H24O11. The van der Waals surface area contributed by atoms with Crippen molar-refractivity contribution in [3.63, 3.8) is 0 Å². The van der Waals surface area contributed by atoms with Gasteiger partial charge in [0.25, 0.3) is 0 Å². The molecule has 0 radical (unpaired) electrons. The van der Waals surface area contributed by atoms with Crippen molar-refractivity contribution >= 4 is 21.9 Å². The molecule has 4 N–H and O–H groups in total. The Hall–Kier alpha value is -3.09. The van der Waals surface area contributed by atoms with Gasteiger partial charge in [-0.05, 0) is 18.2 Å². The minimum absolute atomic E-state index is 0.0107. The number of fused-ring (bicyclic) bond motifs is 2. The lowest BCUT2D eigenvalue weighted by Crippen LogP contribution is -2.60. The Morgan fingerprint density at radius 3 is 2.30 bits per heavy atom. The van der Waals surface area contributed by atoms with Gasteiger partial charge in [0.05, 0.1) is 33.3 Å². The van der Waals surface area contributed by atoms with E-state index in [9.17, 15) is 25.2 Å². The predicted molar refractivity (Wildman–Crippen MR) is 114 cm³/mol. The minimum atomic E-state index is -1.71. The molecule has 1 aliphatic rings. The normalized spacial score (nSPS) is 25.2. The molecule has 178 valence electrons. The first-order chi connectivity index (χ1) is 15.8. The number of benzene rings is 2. The Morgan fingerprint density at radius 2 is 1.67 bits per heavy atom. The third kappa shape index (κ3) is 3.83. The molecule has 33 heavy (non-hydrogen) atoms. The van der Waals surface area contributed by atoms with Crippen LogP contribution in [0.25, 0.3) is 21.9 Å². The summed E-state index contributed by atoms with van der Waals surface area (Å²) in [5.74, 6) is 0.442. The molecule has 11 nitrogen and oxygen atoms in total. The predicted octanol–water partition coefficient (Wildman–Crippen LogP) is 0.151. The molecule has 1 aromatic heterocycles. The van der Waals surface area contributed by atoms with Crippen molar-refractivity contribution in [1.82, 2.24) is 0 Å². The van der Waals surface area contributed by atoms with Crippen LogP contribution >= 0.6 is 0 Å². The number of hydrogen-bond acceptors (Lipinski definition) is 11. The van der Waals surface area contributed by atoms with Gasteiger partial charge in [-0.1, -0.05) is 0 Å². The smallest absolute Gasteiger partial charge is 0.229 e. The first-order valence-electron chi connectivity index (χ1n) is 10.0. The maximum absolute atomic E-state index is 13.5. The second kappa shape index (κ2) is 9.04. The fourth-order valence-corrected chi connectivity index (χ4v) is 3.78. The molecule has 11 heteroatoms. The summed E-state index contributed by atoms with van der Waals surface area (Å²) in [6.07, 6.45) is -7.73. The third-order valence-corrected chi connectivity index (χ3v) is 5.55. The third-order valence-electron chi connectivity index (χ3n) is 5.55. The zero-order valence-corrected chi connectivity index (χ0v) is 18.0. The highest BCUT2D eigenvalue weighted by Gasteiger charge is 2.45. The Morgan fingerprint density at radius 1 is 0.909 bits per heavy atom. The summed E-state index contributed by atoms with van der Waals surface area (Å²) in [6, 6.07) is 6.20. The number of aliphatic hydroxyl groups excluding tert-OH is 4. The lowest BCUT2D eigenvalue weighted by atomic mass is 9.99. The van der Waals surface area contributed by atoms with E-state index in [1.807, 2.05) is 0 Å². The van der Waals surface area contributed by atoms with Crippen molar-refractivity contribution in [2.75, 3.05) is 27.9 Å². The monoisotopic (exact) mass is 464 g/mol. The topological polar surface area (TPSA) is 157 Å². The van der Waals surface area contributed by atoms with Crippen LogP contribution in [0.1, 0.15) is 0 Å². The van der Waals surface area contributed by atoms with Crippen LogP contribution in [0.15, 0.2) is 33.5 Å². The van der Waals surface area contributed by atoms with Crippen molar-refractivity contribution in [3.8, 4) is 23.0 Å². The highest BCUT2D eigenvalue weighted by Crippen LogP contribution is 2.44. The lowest BCUT2D eigenvalue weighted by molar-refractivity contribution is -0.277. The van der Waals surface area contributed by atoms with Crippen molar-refractivity contribution in [2.24, 2.45) is 0 Å². The summed E-state index contributed by atoms with van der Waals surface area (Å²) in [5.41, 5.74) is -0.0834. The minimum Gasteiger partial charge on any atom is -0.497 e. The van der Waals surface area contributed by atoms with Crippen LogP contribution in [0.3, 0.4) is 0 Å². The van der Waals surface area contributed by atoms with Gasteiger partial charge in [-0.15, -0.1) is 0 Å². The van der Waals surface area contributed by atoms with Crippen LogP contribution in [0.5, 0.6) is 23.0 Å². The fourth-order valence-electron chi connectivity index (χ4n) is 3.78. The highest BCUT2D eigenvalue weighted by atomic mass is 16.7. The van der Waals surface area contributed by atoms with Crippen LogP contribution < -0.4 is 24.4 Å². The second-order valence-electron chi connectivity index (χ2n) is 7.42. The number of methoxy groups -OCH3 is 3. The van der Waals surface area contributed by atoms with E-state index in [4.69, 9.17) is 28.1 Å². The molecule has 1 fully saturated rings. The van der Waals surface area contributed by atoms with E-state index in [0.29, 0.717) is 11.3 Å². The second-order valence-corrected chi connectivity index (χ2v) is 7.42. The largest absolute Gasteiger partial charge is 0.497 e. The molecule has 2 heterocycles. The molecule has 0 unspecified atom stereocenters. The van der Waals surface area contributed by atoms with E-state index in [1.165, 1.54) is 33.5 Å². The molecule has 2 aromatic carbocycles. The van der Waals surface area contributed by atoms with Gasteiger partial charge < -0.3 is 48.5 Å². The summed E-state index contributed by atoms with van der Waals surface area (Å²) < 4.78 is 33.1. The molecular weight excluding hydrogens is 440 g/mol. The van der Waals surface area contributed by atoms with Gasteiger partial charge in [0.15, 0.2) is 11.5 Å². The number of aliphatic hydroxyl groups is 4. The standard InChI is InChI=1S/C22H24O11/c1-28-9-4-5-11-10(6-9)16(24)15-12(31-11)7-13(29-2)20(30-3)21(15)33-22-19(27)18(26)17(25)14(8-23)32-22/h4-7,14,17-19,22-23,25-27H,8H2,1-3H3/t14-,17-,18+,19-,22+/m1/s1. The maximum atomic E-state index is 13.5. The van der Waals surface area contributed by atoms with Crippen molar-refractivity contribution < 1.29 is 48.5 Å². The van der Waals surface area contributed by atoms with E-state index in [2.05, 4.69) is 0 Å². The highest BCUT2D eigenvalue weighted by molar-refractivity contribution is 5.96. The van der Waals surface area contributed by atoms with Gasteiger partial charge in [0, 0.05) is 6.07 Å². The van der Waals surface area contributed by atoms with Gasteiger partial charge >= 0.3 is 0 Å². The van der Waals surface area contributed by atoms with Gasteiger partial charge in [-0.25, -0.2) is 0 Å². The quantitative estimate of drug-likeness (QED) is 0.368. The summed E-state index contributed by atoms with van der Waals surface area (Å²) in [5, 5.41) is 40.2. The van der Waals surface area contributed by atoms with E-state index >= 15 is 0 Å². The summed E-state index contributed by atoms with van der Waals surface area (Å²) in [6.45, 7) is -0.645. The molecule has 1 saturated heterocycles. The molecule has 3 aromatic rings. The fraction of sp³-hybridized carbons (Fsp3) is 0.409. The molecule has 4 rings (SSSR count). The zero-order valence-electron chi connectivity index (χ0n) is 18.0. The molecule has 5 atom stereocenters. The van der Waals surface area contributed by atoms with E-state index in [-0.39, 0.29) is 33.6 Å². The van der Waals surface area contributed by atoms with Gasteiger partial charge in [0.2, 0.25) is 17.5 Å². The van der Waals surface area contributed by atoms with E-state index in [0.717, 1.165) is 0 Å². The van der Waals surface area contributed by atoms with E-state index in [1.54, 1.807) is 12.1 Å². The molecule has 0 aliphatic carbocycles. The molecule has 0 saturated carbocycles. The Bertz CT molecular complexity index is 1220. The molecule has 0 spiro atoms. The van der Waals surface area contributed by atoms with Crippen LogP contribution in [-0.4, -0.2) is 79.1 Å². The maximum Gasteiger partial charge on any atom is 0.229 e.